The number of fused-ring (bicyclic) bond motifs is 1. The van der Waals surface area contributed by atoms with Crippen LogP contribution in [0.3, 0.4) is 0 Å². The van der Waals surface area contributed by atoms with Crippen molar-refractivity contribution in [2.75, 3.05) is 18.0 Å². The van der Waals surface area contributed by atoms with Crippen LogP contribution in [0.1, 0.15) is 18.4 Å². The van der Waals surface area contributed by atoms with Gasteiger partial charge in [-0.2, -0.15) is 0 Å². The SMILES string of the molecule is [CH2]c1cc(=O)oc2cc(N3CCCC3)ccc12. The predicted octanol–water partition coefficient (Wildman–Crippen LogP) is 2.58. The second kappa shape index (κ2) is 3.91. The molecular formula is C14H14NO2. The maximum Gasteiger partial charge on any atom is 0.336 e. The van der Waals surface area contributed by atoms with Crippen LogP contribution in [0.2, 0.25) is 0 Å². The first-order chi connectivity index (χ1) is 8.24. The fourth-order valence-corrected chi connectivity index (χ4v) is 2.39. The highest BCUT2D eigenvalue weighted by molar-refractivity contribution is 5.84. The molecule has 1 saturated heterocycles. The lowest BCUT2D eigenvalue weighted by Crippen LogP contribution is -2.17. The summed E-state index contributed by atoms with van der Waals surface area (Å²) in [4.78, 5) is 13.6. The lowest BCUT2D eigenvalue weighted by atomic mass is 10.1. The van der Waals surface area contributed by atoms with Gasteiger partial charge in [-0.1, -0.05) is 0 Å². The van der Waals surface area contributed by atoms with E-state index in [9.17, 15) is 4.79 Å². The van der Waals surface area contributed by atoms with E-state index < -0.39 is 0 Å². The quantitative estimate of drug-likeness (QED) is 0.703. The zero-order valence-corrected chi connectivity index (χ0v) is 9.61. The summed E-state index contributed by atoms with van der Waals surface area (Å²) in [5.74, 6) is 0. The number of rotatable bonds is 1. The van der Waals surface area contributed by atoms with Crippen LogP contribution in [0, 0.1) is 6.92 Å². The Morgan fingerprint density at radius 1 is 1.18 bits per heavy atom. The zero-order chi connectivity index (χ0) is 11.8. The standard InChI is InChI=1S/C14H14NO2/c1-10-8-14(16)17-13-9-11(4-5-12(10)13)15-6-2-3-7-15/h4-5,8-9H,1-3,6-7H2. The molecule has 1 fully saturated rings. The number of hydrogen-bond acceptors (Lipinski definition) is 3. The maximum absolute atomic E-state index is 11.3. The topological polar surface area (TPSA) is 33.5 Å². The van der Waals surface area contributed by atoms with Crippen LogP contribution in [-0.4, -0.2) is 13.1 Å². The average molecular weight is 228 g/mol. The Balaban J connectivity index is 2.14. The van der Waals surface area contributed by atoms with Gasteiger partial charge in [0.15, 0.2) is 0 Å². The Bertz CT molecular complexity index is 609. The summed E-state index contributed by atoms with van der Waals surface area (Å²) in [6.45, 7) is 6.03. The third kappa shape index (κ3) is 1.82. The molecule has 1 aliphatic rings. The first kappa shape index (κ1) is 10.4. The summed E-state index contributed by atoms with van der Waals surface area (Å²) in [5, 5.41) is 0.910. The molecule has 0 atom stereocenters. The van der Waals surface area contributed by atoms with Gasteiger partial charge < -0.3 is 9.32 Å². The molecule has 1 aromatic heterocycles. The van der Waals surface area contributed by atoms with Crippen molar-refractivity contribution in [3.63, 3.8) is 0 Å². The van der Waals surface area contributed by atoms with Gasteiger partial charge in [0.1, 0.15) is 5.58 Å². The lowest BCUT2D eigenvalue weighted by Gasteiger charge is -2.17. The van der Waals surface area contributed by atoms with Crippen LogP contribution in [0.25, 0.3) is 11.0 Å². The molecule has 3 nitrogen and oxygen atoms in total. The van der Waals surface area contributed by atoms with Gasteiger partial charge in [-0.15, -0.1) is 0 Å². The highest BCUT2D eigenvalue weighted by atomic mass is 16.4. The van der Waals surface area contributed by atoms with Crippen LogP contribution in [0.4, 0.5) is 5.69 Å². The Morgan fingerprint density at radius 2 is 1.94 bits per heavy atom. The Labute approximate surface area is 99.7 Å². The maximum atomic E-state index is 11.3. The molecular weight excluding hydrogens is 214 g/mol. The van der Waals surface area contributed by atoms with Gasteiger partial charge in [-0.05, 0) is 37.5 Å². The Kier molecular flexibility index (Phi) is 2.39. The summed E-state index contributed by atoms with van der Waals surface area (Å²) >= 11 is 0. The fourth-order valence-electron chi connectivity index (χ4n) is 2.39. The van der Waals surface area contributed by atoms with E-state index in [4.69, 9.17) is 4.42 Å². The van der Waals surface area contributed by atoms with Crippen molar-refractivity contribution in [1.82, 2.24) is 0 Å². The third-order valence-corrected chi connectivity index (χ3v) is 3.28. The van der Waals surface area contributed by atoms with Gasteiger partial charge in [-0.25, -0.2) is 4.79 Å². The molecule has 3 rings (SSSR count). The van der Waals surface area contributed by atoms with E-state index in [-0.39, 0.29) is 5.63 Å². The van der Waals surface area contributed by atoms with Crippen molar-refractivity contribution < 1.29 is 4.42 Å². The second-order valence-electron chi connectivity index (χ2n) is 4.47. The molecule has 0 bridgehead atoms. The average Bonchev–Trinajstić information content (AvgIpc) is 2.81. The second-order valence-corrected chi connectivity index (χ2v) is 4.47. The summed E-state index contributed by atoms with van der Waals surface area (Å²) < 4.78 is 5.22. The molecule has 2 heterocycles. The first-order valence-electron chi connectivity index (χ1n) is 5.89. The smallest absolute Gasteiger partial charge is 0.336 e. The molecule has 0 aliphatic carbocycles. The van der Waals surface area contributed by atoms with Gasteiger partial charge in [-0.3, -0.25) is 0 Å². The van der Waals surface area contributed by atoms with Crippen molar-refractivity contribution in [3.8, 4) is 0 Å². The summed E-state index contributed by atoms with van der Waals surface area (Å²) in [6.07, 6.45) is 2.47. The van der Waals surface area contributed by atoms with E-state index in [0.29, 0.717) is 5.58 Å². The molecule has 87 valence electrons. The summed E-state index contributed by atoms with van der Waals surface area (Å²) in [5.41, 5.74) is 2.15. The molecule has 0 spiro atoms. The van der Waals surface area contributed by atoms with E-state index in [0.717, 1.165) is 29.7 Å². The van der Waals surface area contributed by atoms with E-state index in [1.54, 1.807) is 0 Å². The van der Waals surface area contributed by atoms with E-state index in [2.05, 4.69) is 17.9 Å². The highest BCUT2D eigenvalue weighted by Crippen LogP contribution is 2.25. The molecule has 0 saturated carbocycles. The number of hydrogen-bond donors (Lipinski definition) is 0. The fraction of sp³-hybridized carbons (Fsp3) is 0.286. The molecule has 1 aliphatic heterocycles. The van der Waals surface area contributed by atoms with Crippen molar-refractivity contribution in [2.24, 2.45) is 0 Å². The van der Waals surface area contributed by atoms with Gasteiger partial charge in [0.2, 0.25) is 0 Å². The summed E-state index contributed by atoms with van der Waals surface area (Å²) in [7, 11) is 0. The minimum Gasteiger partial charge on any atom is -0.423 e. The third-order valence-electron chi connectivity index (χ3n) is 3.28. The van der Waals surface area contributed by atoms with Crippen molar-refractivity contribution in [3.05, 3.63) is 47.2 Å². The lowest BCUT2D eigenvalue weighted by molar-refractivity contribution is 0.560. The van der Waals surface area contributed by atoms with Crippen LogP contribution >= 0.6 is 0 Å². The predicted molar refractivity (Wildman–Crippen MR) is 68.4 cm³/mol. The Morgan fingerprint density at radius 3 is 2.71 bits per heavy atom. The van der Waals surface area contributed by atoms with Gasteiger partial charge in [0.25, 0.3) is 0 Å². The van der Waals surface area contributed by atoms with Crippen LogP contribution in [0.5, 0.6) is 0 Å². The van der Waals surface area contributed by atoms with Crippen LogP contribution in [-0.2, 0) is 0 Å². The number of benzene rings is 1. The van der Waals surface area contributed by atoms with Gasteiger partial charge in [0, 0.05) is 36.3 Å². The van der Waals surface area contributed by atoms with Crippen molar-refractivity contribution in [2.45, 2.75) is 12.8 Å². The molecule has 0 amide bonds. The minimum absolute atomic E-state index is 0.332. The Hall–Kier alpha value is -1.77. The molecule has 3 heteroatoms. The highest BCUT2D eigenvalue weighted by Gasteiger charge is 2.13. The molecule has 1 radical (unpaired) electrons. The molecule has 2 aromatic rings. The zero-order valence-electron chi connectivity index (χ0n) is 9.61. The van der Waals surface area contributed by atoms with E-state index in [1.807, 2.05) is 12.1 Å². The van der Waals surface area contributed by atoms with E-state index >= 15 is 0 Å². The first-order valence-corrected chi connectivity index (χ1v) is 5.89. The number of anilines is 1. The monoisotopic (exact) mass is 228 g/mol. The van der Waals surface area contributed by atoms with Crippen molar-refractivity contribution >= 4 is 16.7 Å². The van der Waals surface area contributed by atoms with Crippen LogP contribution < -0.4 is 10.5 Å². The molecule has 0 unspecified atom stereocenters. The van der Waals surface area contributed by atoms with Crippen molar-refractivity contribution in [1.29, 1.82) is 0 Å². The van der Waals surface area contributed by atoms with Crippen LogP contribution in [0.15, 0.2) is 33.5 Å². The number of nitrogens with zero attached hydrogens (tertiary/aromatic N) is 1. The molecule has 0 N–H and O–H groups in total. The van der Waals surface area contributed by atoms with Gasteiger partial charge >= 0.3 is 5.63 Å². The summed E-state index contributed by atoms with van der Waals surface area (Å²) in [6, 6.07) is 7.42. The largest absolute Gasteiger partial charge is 0.423 e. The minimum atomic E-state index is -0.332. The normalized spacial score (nSPS) is 15.7. The molecule has 1 aromatic carbocycles. The molecule has 17 heavy (non-hydrogen) atoms. The van der Waals surface area contributed by atoms with E-state index in [1.165, 1.54) is 18.9 Å². The van der Waals surface area contributed by atoms with Gasteiger partial charge in [0.05, 0.1) is 0 Å².